The standard InChI is InChI=1S/C16H17ClO2/c1-12-4-2-3-5-13(12)10-15(18)11-19-16-8-6-14(17)7-9-16/h2-9,15,18H,10-11H2,1H3. The van der Waals surface area contributed by atoms with Gasteiger partial charge in [-0.2, -0.15) is 0 Å². The number of ether oxygens (including phenoxy) is 1. The zero-order valence-electron chi connectivity index (χ0n) is 10.8. The molecule has 0 bridgehead atoms. The van der Waals surface area contributed by atoms with E-state index in [4.69, 9.17) is 16.3 Å². The van der Waals surface area contributed by atoms with Gasteiger partial charge in [-0.15, -0.1) is 0 Å². The van der Waals surface area contributed by atoms with E-state index < -0.39 is 6.10 Å². The van der Waals surface area contributed by atoms with Gasteiger partial charge in [0.05, 0.1) is 6.10 Å². The quantitative estimate of drug-likeness (QED) is 0.904. The molecule has 0 aliphatic carbocycles. The largest absolute Gasteiger partial charge is 0.491 e. The second-order valence-corrected chi connectivity index (χ2v) is 4.99. The van der Waals surface area contributed by atoms with E-state index in [1.54, 1.807) is 24.3 Å². The fourth-order valence-electron chi connectivity index (χ4n) is 1.88. The molecule has 0 saturated heterocycles. The van der Waals surface area contributed by atoms with E-state index in [-0.39, 0.29) is 6.61 Å². The minimum Gasteiger partial charge on any atom is -0.491 e. The number of hydrogen-bond donors (Lipinski definition) is 1. The van der Waals surface area contributed by atoms with Gasteiger partial charge in [0, 0.05) is 11.4 Å². The molecular formula is C16H17ClO2. The van der Waals surface area contributed by atoms with Crippen molar-refractivity contribution in [2.45, 2.75) is 19.4 Å². The third-order valence-electron chi connectivity index (χ3n) is 2.97. The van der Waals surface area contributed by atoms with Crippen molar-refractivity contribution in [2.75, 3.05) is 6.61 Å². The lowest BCUT2D eigenvalue weighted by atomic mass is 10.0. The topological polar surface area (TPSA) is 29.5 Å². The van der Waals surface area contributed by atoms with Crippen LogP contribution in [0, 0.1) is 6.92 Å². The van der Waals surface area contributed by atoms with E-state index in [9.17, 15) is 5.11 Å². The Morgan fingerprint density at radius 1 is 1.11 bits per heavy atom. The van der Waals surface area contributed by atoms with E-state index in [0.29, 0.717) is 17.2 Å². The Hall–Kier alpha value is -1.51. The lowest BCUT2D eigenvalue weighted by molar-refractivity contribution is 0.107. The molecule has 2 aromatic carbocycles. The Bertz CT molecular complexity index is 523. The van der Waals surface area contributed by atoms with Crippen molar-refractivity contribution in [2.24, 2.45) is 0 Å². The SMILES string of the molecule is Cc1ccccc1CC(O)COc1ccc(Cl)cc1. The Kier molecular flexibility index (Phi) is 4.83. The summed E-state index contributed by atoms with van der Waals surface area (Å²) in [5, 5.41) is 10.7. The van der Waals surface area contributed by atoms with Crippen molar-refractivity contribution < 1.29 is 9.84 Å². The van der Waals surface area contributed by atoms with Gasteiger partial charge in [-0.05, 0) is 42.3 Å². The summed E-state index contributed by atoms with van der Waals surface area (Å²) in [4.78, 5) is 0. The molecule has 0 radical (unpaired) electrons. The number of aliphatic hydroxyl groups excluding tert-OH is 1. The van der Waals surface area contributed by atoms with Crippen molar-refractivity contribution in [3.05, 3.63) is 64.7 Å². The van der Waals surface area contributed by atoms with Gasteiger partial charge in [0.25, 0.3) is 0 Å². The predicted molar refractivity (Wildman–Crippen MR) is 77.8 cm³/mol. The third-order valence-corrected chi connectivity index (χ3v) is 3.22. The molecule has 2 rings (SSSR count). The fraction of sp³-hybridized carbons (Fsp3) is 0.250. The van der Waals surface area contributed by atoms with Crippen LogP contribution in [0.25, 0.3) is 0 Å². The van der Waals surface area contributed by atoms with Crippen LogP contribution in [-0.2, 0) is 6.42 Å². The van der Waals surface area contributed by atoms with Gasteiger partial charge < -0.3 is 9.84 Å². The Morgan fingerprint density at radius 2 is 1.79 bits per heavy atom. The number of aliphatic hydroxyl groups is 1. The Morgan fingerprint density at radius 3 is 2.47 bits per heavy atom. The molecule has 0 fully saturated rings. The second-order valence-electron chi connectivity index (χ2n) is 4.55. The van der Waals surface area contributed by atoms with E-state index in [0.717, 1.165) is 5.56 Å². The molecule has 3 heteroatoms. The molecule has 1 unspecified atom stereocenters. The molecule has 0 amide bonds. The van der Waals surface area contributed by atoms with Gasteiger partial charge in [0.1, 0.15) is 12.4 Å². The van der Waals surface area contributed by atoms with Crippen LogP contribution < -0.4 is 4.74 Å². The maximum absolute atomic E-state index is 9.99. The van der Waals surface area contributed by atoms with Gasteiger partial charge in [-0.1, -0.05) is 35.9 Å². The van der Waals surface area contributed by atoms with Crippen LogP contribution >= 0.6 is 11.6 Å². The highest BCUT2D eigenvalue weighted by atomic mass is 35.5. The summed E-state index contributed by atoms with van der Waals surface area (Å²) in [6.45, 7) is 2.32. The van der Waals surface area contributed by atoms with Crippen LogP contribution in [0.2, 0.25) is 5.02 Å². The first kappa shape index (κ1) is 13.9. The lowest BCUT2D eigenvalue weighted by Gasteiger charge is -2.13. The van der Waals surface area contributed by atoms with Crippen molar-refractivity contribution in [3.8, 4) is 5.75 Å². The third kappa shape index (κ3) is 4.27. The smallest absolute Gasteiger partial charge is 0.119 e. The number of hydrogen-bond acceptors (Lipinski definition) is 2. The first-order valence-corrected chi connectivity index (χ1v) is 6.64. The number of aryl methyl sites for hydroxylation is 1. The van der Waals surface area contributed by atoms with Crippen molar-refractivity contribution in [1.29, 1.82) is 0 Å². The normalized spacial score (nSPS) is 12.2. The van der Waals surface area contributed by atoms with Crippen LogP contribution in [0.4, 0.5) is 0 Å². The van der Waals surface area contributed by atoms with E-state index >= 15 is 0 Å². The zero-order chi connectivity index (χ0) is 13.7. The van der Waals surface area contributed by atoms with Gasteiger partial charge in [-0.25, -0.2) is 0 Å². The van der Waals surface area contributed by atoms with E-state index in [2.05, 4.69) is 0 Å². The van der Waals surface area contributed by atoms with Gasteiger partial charge in [0.15, 0.2) is 0 Å². The minimum absolute atomic E-state index is 0.274. The summed E-state index contributed by atoms with van der Waals surface area (Å²) in [6, 6.07) is 15.2. The molecule has 1 N–H and O–H groups in total. The average Bonchev–Trinajstić information content (AvgIpc) is 2.41. The highest BCUT2D eigenvalue weighted by molar-refractivity contribution is 6.30. The summed E-state index contributed by atoms with van der Waals surface area (Å²) < 4.78 is 5.53. The highest BCUT2D eigenvalue weighted by Gasteiger charge is 2.08. The molecule has 1 atom stereocenters. The van der Waals surface area contributed by atoms with Crippen LogP contribution in [0.15, 0.2) is 48.5 Å². The van der Waals surface area contributed by atoms with Crippen molar-refractivity contribution in [1.82, 2.24) is 0 Å². The molecule has 19 heavy (non-hydrogen) atoms. The molecule has 0 spiro atoms. The molecule has 2 nitrogen and oxygen atoms in total. The first-order chi connectivity index (χ1) is 9.15. The van der Waals surface area contributed by atoms with Crippen LogP contribution in [-0.4, -0.2) is 17.8 Å². The Balaban J connectivity index is 1.86. The van der Waals surface area contributed by atoms with Crippen LogP contribution in [0.5, 0.6) is 5.75 Å². The highest BCUT2D eigenvalue weighted by Crippen LogP contribution is 2.16. The van der Waals surface area contributed by atoms with Gasteiger partial charge >= 0.3 is 0 Å². The minimum atomic E-state index is -0.517. The first-order valence-electron chi connectivity index (χ1n) is 6.26. The summed E-state index contributed by atoms with van der Waals surface area (Å²) >= 11 is 5.79. The lowest BCUT2D eigenvalue weighted by Crippen LogP contribution is -2.20. The van der Waals surface area contributed by atoms with Gasteiger partial charge in [-0.3, -0.25) is 0 Å². The number of rotatable bonds is 5. The molecular weight excluding hydrogens is 260 g/mol. The second kappa shape index (κ2) is 6.60. The fourth-order valence-corrected chi connectivity index (χ4v) is 2.00. The molecule has 100 valence electrons. The van der Waals surface area contributed by atoms with Gasteiger partial charge in [0.2, 0.25) is 0 Å². The van der Waals surface area contributed by atoms with Crippen LogP contribution in [0.1, 0.15) is 11.1 Å². The monoisotopic (exact) mass is 276 g/mol. The summed E-state index contributed by atoms with van der Waals surface area (Å²) in [7, 11) is 0. The number of halogens is 1. The van der Waals surface area contributed by atoms with Crippen molar-refractivity contribution in [3.63, 3.8) is 0 Å². The molecule has 0 heterocycles. The van der Waals surface area contributed by atoms with E-state index in [1.165, 1.54) is 5.56 Å². The molecule has 0 aromatic heterocycles. The zero-order valence-corrected chi connectivity index (χ0v) is 11.6. The van der Waals surface area contributed by atoms with E-state index in [1.807, 2.05) is 31.2 Å². The average molecular weight is 277 g/mol. The van der Waals surface area contributed by atoms with Crippen molar-refractivity contribution >= 4 is 11.6 Å². The number of benzene rings is 2. The molecule has 0 aliphatic heterocycles. The summed E-state index contributed by atoms with van der Waals surface area (Å²) in [5.41, 5.74) is 2.34. The maximum atomic E-state index is 9.99. The molecule has 0 saturated carbocycles. The Labute approximate surface area is 118 Å². The predicted octanol–water partition coefficient (Wildman–Crippen LogP) is 3.63. The summed E-state index contributed by atoms with van der Waals surface area (Å²) in [5.74, 6) is 0.716. The maximum Gasteiger partial charge on any atom is 0.119 e. The summed E-state index contributed by atoms with van der Waals surface area (Å²) in [6.07, 6.45) is 0.0806. The van der Waals surface area contributed by atoms with Crippen LogP contribution in [0.3, 0.4) is 0 Å². The molecule has 2 aromatic rings. The molecule has 0 aliphatic rings.